The maximum atomic E-state index is 13.8. The standard InChI is InChI=1S/C35H38F2N4O/c36-30-19-31(37)21-32(20-30)39-34(42)24-41(23-25-8-9-25)35(14-16-40(17-15-35)33-6-1-2-7-33)29-12-10-27(11-13-29)28-5-3-4-26(18-28)22-38/h3-5,10-13,18-21,25,33H,1-2,6-9,14-17,23-24H2,(H,39,42). The number of piperidine rings is 1. The molecule has 0 bridgehead atoms. The van der Waals surface area contributed by atoms with Gasteiger partial charge in [-0.15, -0.1) is 0 Å². The molecule has 3 aromatic carbocycles. The maximum absolute atomic E-state index is 13.8. The summed E-state index contributed by atoms with van der Waals surface area (Å²) in [5.41, 5.74) is 3.69. The summed E-state index contributed by atoms with van der Waals surface area (Å²) in [6.45, 7) is 2.94. The quantitative estimate of drug-likeness (QED) is 0.300. The highest BCUT2D eigenvalue weighted by Gasteiger charge is 2.45. The molecular weight excluding hydrogens is 530 g/mol. The molecule has 2 aliphatic carbocycles. The van der Waals surface area contributed by atoms with Crippen molar-refractivity contribution in [2.24, 2.45) is 5.92 Å². The zero-order valence-electron chi connectivity index (χ0n) is 24.0. The van der Waals surface area contributed by atoms with Crippen LogP contribution in [0, 0.1) is 28.9 Å². The lowest BCUT2D eigenvalue weighted by atomic mass is 9.78. The van der Waals surface area contributed by atoms with Crippen LogP contribution in [-0.4, -0.2) is 47.9 Å². The van der Waals surface area contributed by atoms with Crippen molar-refractivity contribution in [2.45, 2.75) is 62.9 Å². The second kappa shape index (κ2) is 12.3. The molecular formula is C35H38F2N4O. The minimum Gasteiger partial charge on any atom is -0.325 e. The first-order valence-corrected chi connectivity index (χ1v) is 15.3. The Labute approximate surface area is 247 Å². The molecule has 3 aromatic rings. The van der Waals surface area contributed by atoms with Crippen LogP contribution in [0.4, 0.5) is 14.5 Å². The SMILES string of the molecule is N#Cc1cccc(-c2ccc(C3(N(CC(=O)Nc4cc(F)cc(F)c4)CC4CC4)CCN(C4CCCC4)CC3)cc2)c1. The first-order valence-electron chi connectivity index (χ1n) is 15.3. The second-order valence-electron chi connectivity index (χ2n) is 12.3. The number of carbonyl (C=O) groups is 1. The number of amides is 1. The van der Waals surface area contributed by atoms with Crippen molar-refractivity contribution in [3.05, 3.63) is 89.5 Å². The van der Waals surface area contributed by atoms with Gasteiger partial charge >= 0.3 is 0 Å². The van der Waals surface area contributed by atoms with E-state index in [0.29, 0.717) is 17.5 Å². The van der Waals surface area contributed by atoms with Crippen LogP contribution in [0.25, 0.3) is 11.1 Å². The number of rotatable bonds is 9. The lowest BCUT2D eigenvalue weighted by Crippen LogP contribution is -2.56. The first-order chi connectivity index (χ1) is 20.4. The van der Waals surface area contributed by atoms with Gasteiger partial charge in [-0.05, 0) is 85.4 Å². The molecule has 0 radical (unpaired) electrons. The van der Waals surface area contributed by atoms with Crippen LogP contribution in [0.1, 0.15) is 62.5 Å². The largest absolute Gasteiger partial charge is 0.325 e. The monoisotopic (exact) mass is 568 g/mol. The van der Waals surface area contributed by atoms with Crippen LogP contribution in [0.2, 0.25) is 0 Å². The number of hydrogen-bond donors (Lipinski definition) is 1. The van der Waals surface area contributed by atoms with Gasteiger partial charge in [0.05, 0.1) is 18.2 Å². The Morgan fingerprint density at radius 3 is 2.26 bits per heavy atom. The van der Waals surface area contributed by atoms with Crippen LogP contribution in [0.3, 0.4) is 0 Å². The molecule has 1 heterocycles. The summed E-state index contributed by atoms with van der Waals surface area (Å²) >= 11 is 0. The topological polar surface area (TPSA) is 59.4 Å². The molecule has 5 nitrogen and oxygen atoms in total. The van der Waals surface area contributed by atoms with Crippen molar-refractivity contribution in [1.82, 2.24) is 9.80 Å². The van der Waals surface area contributed by atoms with Gasteiger partial charge in [0.1, 0.15) is 11.6 Å². The van der Waals surface area contributed by atoms with Gasteiger partial charge in [0.15, 0.2) is 0 Å². The Bertz CT molecular complexity index is 1430. The molecule has 7 heteroatoms. The summed E-state index contributed by atoms with van der Waals surface area (Å²) in [5, 5.41) is 12.1. The first kappa shape index (κ1) is 28.5. The molecule has 1 N–H and O–H groups in total. The molecule has 218 valence electrons. The van der Waals surface area contributed by atoms with Crippen LogP contribution in [0.15, 0.2) is 66.7 Å². The van der Waals surface area contributed by atoms with E-state index >= 15 is 0 Å². The molecule has 3 aliphatic rings. The Morgan fingerprint density at radius 1 is 0.929 bits per heavy atom. The lowest BCUT2D eigenvalue weighted by molar-refractivity contribution is -0.120. The summed E-state index contributed by atoms with van der Waals surface area (Å²) in [7, 11) is 0. The number of benzene rings is 3. The van der Waals surface area contributed by atoms with Crippen molar-refractivity contribution < 1.29 is 13.6 Å². The summed E-state index contributed by atoms with van der Waals surface area (Å²) in [6.07, 6.45) is 9.29. The molecule has 2 saturated carbocycles. The van der Waals surface area contributed by atoms with Gasteiger partial charge in [-0.3, -0.25) is 9.69 Å². The molecule has 1 saturated heterocycles. The van der Waals surface area contributed by atoms with E-state index in [1.807, 2.05) is 24.3 Å². The molecule has 0 spiro atoms. The average molecular weight is 569 g/mol. The fraction of sp³-hybridized carbons (Fsp3) is 0.429. The molecule has 1 amide bonds. The Balaban J connectivity index is 1.30. The van der Waals surface area contributed by atoms with Crippen molar-refractivity contribution >= 4 is 11.6 Å². The van der Waals surface area contributed by atoms with Crippen LogP contribution < -0.4 is 5.32 Å². The molecule has 1 aliphatic heterocycles. The summed E-state index contributed by atoms with van der Waals surface area (Å²) in [6, 6.07) is 22.3. The van der Waals surface area contributed by atoms with Gasteiger partial charge in [0.2, 0.25) is 5.91 Å². The summed E-state index contributed by atoms with van der Waals surface area (Å²) in [4.78, 5) is 18.4. The van der Waals surface area contributed by atoms with Crippen molar-refractivity contribution in [3.8, 4) is 17.2 Å². The van der Waals surface area contributed by atoms with E-state index in [0.717, 1.165) is 74.6 Å². The minimum absolute atomic E-state index is 0.137. The molecule has 0 unspecified atom stereocenters. The second-order valence-corrected chi connectivity index (χ2v) is 12.3. The number of nitriles is 1. The maximum Gasteiger partial charge on any atom is 0.238 e. The lowest BCUT2D eigenvalue weighted by Gasteiger charge is -2.50. The van der Waals surface area contributed by atoms with E-state index in [1.165, 1.54) is 31.2 Å². The van der Waals surface area contributed by atoms with E-state index in [4.69, 9.17) is 0 Å². The Hall–Kier alpha value is -3.60. The molecule has 0 aromatic heterocycles. The van der Waals surface area contributed by atoms with Gasteiger partial charge in [0, 0.05) is 43.0 Å². The number of carbonyl (C=O) groups excluding carboxylic acids is 1. The van der Waals surface area contributed by atoms with Crippen molar-refractivity contribution in [3.63, 3.8) is 0 Å². The predicted octanol–water partition coefficient (Wildman–Crippen LogP) is 7.09. The molecule has 3 fully saturated rings. The fourth-order valence-corrected chi connectivity index (χ4v) is 7.06. The van der Waals surface area contributed by atoms with Gasteiger partial charge in [-0.2, -0.15) is 5.26 Å². The summed E-state index contributed by atoms with van der Waals surface area (Å²) < 4.78 is 27.7. The third-order valence-electron chi connectivity index (χ3n) is 9.48. The Morgan fingerprint density at radius 2 is 1.62 bits per heavy atom. The van der Waals surface area contributed by atoms with Crippen molar-refractivity contribution in [2.75, 3.05) is 31.5 Å². The van der Waals surface area contributed by atoms with E-state index in [9.17, 15) is 18.8 Å². The third-order valence-corrected chi connectivity index (χ3v) is 9.48. The van der Waals surface area contributed by atoms with E-state index < -0.39 is 11.6 Å². The third kappa shape index (κ3) is 6.40. The van der Waals surface area contributed by atoms with Crippen molar-refractivity contribution in [1.29, 1.82) is 5.26 Å². The predicted molar refractivity (Wildman–Crippen MR) is 161 cm³/mol. The minimum atomic E-state index is -0.712. The zero-order chi connectivity index (χ0) is 29.1. The van der Waals surface area contributed by atoms with Gasteiger partial charge in [0.25, 0.3) is 0 Å². The number of anilines is 1. The Kier molecular flexibility index (Phi) is 8.37. The highest BCUT2D eigenvalue weighted by atomic mass is 19.1. The van der Waals surface area contributed by atoms with Crippen LogP contribution >= 0.6 is 0 Å². The normalized spacial score (nSPS) is 19.1. The molecule has 42 heavy (non-hydrogen) atoms. The van der Waals surface area contributed by atoms with E-state index in [1.54, 1.807) is 0 Å². The van der Waals surface area contributed by atoms with Crippen LogP contribution in [0.5, 0.6) is 0 Å². The fourth-order valence-electron chi connectivity index (χ4n) is 7.06. The van der Waals surface area contributed by atoms with Gasteiger partial charge < -0.3 is 10.2 Å². The zero-order valence-corrected chi connectivity index (χ0v) is 24.0. The number of likely N-dealkylation sites (tertiary alicyclic amines) is 1. The van der Waals surface area contributed by atoms with E-state index in [2.05, 4.69) is 45.5 Å². The number of nitrogens with zero attached hydrogens (tertiary/aromatic N) is 3. The highest BCUT2D eigenvalue weighted by Crippen LogP contribution is 2.44. The van der Waals surface area contributed by atoms with Gasteiger partial charge in [-0.1, -0.05) is 49.2 Å². The smallest absolute Gasteiger partial charge is 0.238 e. The highest BCUT2D eigenvalue weighted by molar-refractivity contribution is 5.92. The number of halogens is 2. The van der Waals surface area contributed by atoms with E-state index in [-0.39, 0.29) is 23.7 Å². The molecule has 6 rings (SSSR count). The summed E-state index contributed by atoms with van der Waals surface area (Å²) in [5.74, 6) is -1.13. The van der Waals surface area contributed by atoms with Crippen LogP contribution in [-0.2, 0) is 10.3 Å². The molecule has 0 atom stereocenters. The number of nitrogens with one attached hydrogen (secondary N) is 1. The number of hydrogen-bond acceptors (Lipinski definition) is 4. The average Bonchev–Trinajstić information content (AvgIpc) is 3.64. The van der Waals surface area contributed by atoms with Gasteiger partial charge in [-0.25, -0.2) is 8.78 Å².